The summed E-state index contributed by atoms with van der Waals surface area (Å²) < 4.78 is 5.39. The Morgan fingerprint density at radius 3 is 2.88 bits per heavy atom. The van der Waals surface area contributed by atoms with Crippen molar-refractivity contribution in [1.82, 2.24) is 15.2 Å². The highest BCUT2D eigenvalue weighted by atomic mass is 16.5. The molecule has 0 radical (unpaired) electrons. The zero-order chi connectivity index (χ0) is 24.0. The van der Waals surface area contributed by atoms with Crippen molar-refractivity contribution in [2.45, 2.75) is 38.1 Å². The highest BCUT2D eigenvalue weighted by molar-refractivity contribution is 6.01. The number of carbonyl (C=O) groups is 3. The van der Waals surface area contributed by atoms with Gasteiger partial charge in [0.2, 0.25) is 11.8 Å². The minimum atomic E-state index is -0.728. The van der Waals surface area contributed by atoms with E-state index in [1.54, 1.807) is 18.1 Å². The van der Waals surface area contributed by atoms with E-state index in [1.807, 2.05) is 18.2 Å². The van der Waals surface area contributed by atoms with Gasteiger partial charge in [0.05, 0.1) is 19.1 Å². The van der Waals surface area contributed by atoms with Crippen LogP contribution in [0.3, 0.4) is 0 Å². The van der Waals surface area contributed by atoms with Gasteiger partial charge in [-0.2, -0.15) is 5.26 Å². The Hall–Kier alpha value is -3.54. The predicted octanol–water partition coefficient (Wildman–Crippen LogP) is 1.94. The van der Waals surface area contributed by atoms with Crippen molar-refractivity contribution < 1.29 is 19.1 Å². The van der Waals surface area contributed by atoms with E-state index >= 15 is 0 Å². The summed E-state index contributed by atoms with van der Waals surface area (Å²) in [6.45, 7) is 1.06. The van der Waals surface area contributed by atoms with E-state index in [2.05, 4.69) is 16.4 Å². The molecule has 1 aromatic heterocycles. The highest BCUT2D eigenvalue weighted by Crippen LogP contribution is 2.64. The number of methoxy groups -OCH3 is 1. The van der Waals surface area contributed by atoms with Gasteiger partial charge in [-0.3, -0.25) is 14.4 Å². The average Bonchev–Trinajstić information content (AvgIpc) is 3.15. The monoisotopic (exact) mass is 463 g/mol. The predicted molar refractivity (Wildman–Crippen MR) is 123 cm³/mol. The molecule has 0 bridgehead atoms. The number of nitrogens with two attached hydrogens (primary N) is 1. The van der Waals surface area contributed by atoms with E-state index in [1.165, 1.54) is 0 Å². The van der Waals surface area contributed by atoms with Crippen molar-refractivity contribution >= 4 is 28.6 Å². The molecule has 4 N–H and O–H groups in total. The molecule has 2 aliphatic heterocycles. The van der Waals surface area contributed by atoms with E-state index < -0.39 is 11.9 Å². The molecule has 1 saturated carbocycles. The summed E-state index contributed by atoms with van der Waals surface area (Å²) in [6, 6.07) is 8.98. The molecule has 1 aromatic carbocycles. The van der Waals surface area contributed by atoms with Crippen LogP contribution in [0.4, 0.5) is 0 Å². The number of amides is 3. The number of nitriles is 1. The maximum absolute atomic E-state index is 13.4. The lowest BCUT2D eigenvalue weighted by Crippen LogP contribution is -2.53. The molecular weight excluding hydrogens is 434 g/mol. The van der Waals surface area contributed by atoms with Gasteiger partial charge in [-0.05, 0) is 61.6 Å². The summed E-state index contributed by atoms with van der Waals surface area (Å²) in [5.41, 5.74) is 6.76. The number of likely N-dealkylation sites (tertiary alicyclic amines) is 1. The first-order chi connectivity index (χ1) is 16.4. The lowest BCUT2D eigenvalue weighted by atomic mass is 9.80. The summed E-state index contributed by atoms with van der Waals surface area (Å²) in [5, 5.41) is 13.5. The van der Waals surface area contributed by atoms with Crippen LogP contribution in [0, 0.1) is 34.5 Å². The summed E-state index contributed by atoms with van der Waals surface area (Å²) in [5.74, 6) is -0.330. The maximum Gasteiger partial charge on any atom is 0.270 e. The van der Waals surface area contributed by atoms with E-state index in [0.29, 0.717) is 43.8 Å². The number of benzene rings is 1. The fourth-order valence-electron chi connectivity index (χ4n) is 6.12. The van der Waals surface area contributed by atoms with E-state index in [4.69, 9.17) is 10.5 Å². The van der Waals surface area contributed by atoms with Crippen molar-refractivity contribution in [1.29, 1.82) is 5.26 Å². The Morgan fingerprint density at radius 2 is 2.21 bits per heavy atom. The quantitative estimate of drug-likeness (QED) is 0.600. The first-order valence-corrected chi connectivity index (χ1v) is 11.8. The second-order valence-electron chi connectivity index (χ2n) is 9.90. The molecule has 9 heteroatoms. The molecule has 3 unspecified atom stereocenters. The molecule has 3 amide bonds. The van der Waals surface area contributed by atoms with Crippen LogP contribution in [0.5, 0.6) is 5.75 Å². The van der Waals surface area contributed by atoms with Gasteiger partial charge in [0, 0.05) is 29.9 Å². The summed E-state index contributed by atoms with van der Waals surface area (Å²) in [4.78, 5) is 42.5. The van der Waals surface area contributed by atoms with E-state index in [0.717, 1.165) is 23.7 Å². The molecular formula is C25H29N5O4. The molecule has 3 heterocycles. The molecule has 2 saturated heterocycles. The van der Waals surface area contributed by atoms with Crippen molar-refractivity contribution in [3.8, 4) is 11.8 Å². The Bertz CT molecular complexity index is 1200. The number of aromatic amines is 1. The zero-order valence-electron chi connectivity index (χ0n) is 19.2. The number of primary amides is 1. The van der Waals surface area contributed by atoms with Crippen LogP contribution < -0.4 is 15.8 Å². The van der Waals surface area contributed by atoms with Crippen LogP contribution in [0.2, 0.25) is 0 Å². The van der Waals surface area contributed by atoms with E-state index in [9.17, 15) is 19.6 Å². The van der Waals surface area contributed by atoms with Crippen LogP contribution in [-0.2, 0) is 9.59 Å². The van der Waals surface area contributed by atoms with Crippen molar-refractivity contribution in [2.75, 3.05) is 20.2 Å². The summed E-state index contributed by atoms with van der Waals surface area (Å²) >= 11 is 0. The smallest absolute Gasteiger partial charge is 0.270 e. The van der Waals surface area contributed by atoms with Gasteiger partial charge in [0.15, 0.2) is 0 Å². The first-order valence-electron chi connectivity index (χ1n) is 11.8. The average molecular weight is 464 g/mol. The molecule has 2 aromatic rings. The number of H-pyrrole nitrogens is 1. The van der Waals surface area contributed by atoms with Crippen molar-refractivity contribution in [2.24, 2.45) is 28.9 Å². The lowest BCUT2D eigenvalue weighted by molar-refractivity contribution is -0.124. The lowest BCUT2D eigenvalue weighted by Gasteiger charge is -2.39. The number of aromatic nitrogens is 1. The van der Waals surface area contributed by atoms with Crippen LogP contribution in [0.15, 0.2) is 24.3 Å². The van der Waals surface area contributed by atoms with Crippen molar-refractivity contribution in [3.63, 3.8) is 0 Å². The second kappa shape index (κ2) is 8.35. The van der Waals surface area contributed by atoms with Crippen LogP contribution in [0.25, 0.3) is 10.9 Å². The normalized spacial score (nSPS) is 29.0. The number of fused-ring (bicyclic) bond motifs is 1. The molecule has 5 rings (SSSR count). The summed E-state index contributed by atoms with van der Waals surface area (Å²) in [6.07, 6.45) is 3.31. The van der Waals surface area contributed by atoms with Gasteiger partial charge < -0.3 is 25.7 Å². The van der Waals surface area contributed by atoms with Gasteiger partial charge >= 0.3 is 0 Å². The molecule has 34 heavy (non-hydrogen) atoms. The molecule has 3 fully saturated rings. The Labute approximate surface area is 197 Å². The molecule has 1 spiro atoms. The molecule has 9 nitrogen and oxygen atoms in total. The maximum atomic E-state index is 13.4. The number of hydrogen-bond donors (Lipinski definition) is 3. The number of piperidine rings is 1. The van der Waals surface area contributed by atoms with Gasteiger partial charge in [-0.1, -0.05) is 6.07 Å². The molecule has 5 atom stereocenters. The largest absolute Gasteiger partial charge is 0.496 e. The fourth-order valence-corrected chi connectivity index (χ4v) is 6.12. The SMILES string of the molecule is COc1cccc2[nH]c(C(=O)N3CCC4(CC3C(N)=O)CC4[C@@H](C#N)C[C@H]3CCNC3=O)cc12. The number of carbonyl (C=O) groups excluding carboxylic acids is 3. The van der Waals surface area contributed by atoms with Gasteiger partial charge in [-0.15, -0.1) is 0 Å². The third kappa shape index (κ3) is 3.67. The molecule has 178 valence electrons. The van der Waals surface area contributed by atoms with Crippen molar-refractivity contribution in [3.05, 3.63) is 30.0 Å². The molecule has 1 aliphatic carbocycles. The Balaban J connectivity index is 1.33. The third-order valence-electron chi connectivity index (χ3n) is 8.10. The topological polar surface area (TPSA) is 141 Å². The molecule has 3 aliphatic rings. The minimum absolute atomic E-state index is 0.0281. The minimum Gasteiger partial charge on any atom is -0.496 e. The van der Waals surface area contributed by atoms with Gasteiger partial charge in [0.1, 0.15) is 17.5 Å². The van der Waals surface area contributed by atoms with E-state index in [-0.39, 0.29) is 35.0 Å². The van der Waals surface area contributed by atoms with Gasteiger partial charge in [-0.25, -0.2) is 0 Å². The van der Waals surface area contributed by atoms with Crippen LogP contribution in [0.1, 0.15) is 42.6 Å². The third-order valence-corrected chi connectivity index (χ3v) is 8.10. The van der Waals surface area contributed by atoms with Crippen LogP contribution >= 0.6 is 0 Å². The fraction of sp³-hybridized carbons (Fsp3) is 0.520. The highest BCUT2D eigenvalue weighted by Gasteiger charge is 2.61. The summed E-state index contributed by atoms with van der Waals surface area (Å²) in [7, 11) is 1.58. The van der Waals surface area contributed by atoms with Gasteiger partial charge in [0.25, 0.3) is 5.91 Å². The number of ether oxygens (including phenoxy) is 1. The Kier molecular flexibility index (Phi) is 5.47. The first kappa shape index (κ1) is 22.3. The van der Waals surface area contributed by atoms with Crippen LogP contribution in [-0.4, -0.2) is 53.8 Å². The Morgan fingerprint density at radius 1 is 1.38 bits per heavy atom. The zero-order valence-corrected chi connectivity index (χ0v) is 19.2. The number of nitrogens with zero attached hydrogens (tertiary/aromatic N) is 2. The second-order valence-corrected chi connectivity index (χ2v) is 9.90. The number of hydrogen-bond acceptors (Lipinski definition) is 5. The number of rotatable bonds is 6. The number of nitrogens with one attached hydrogen (secondary N) is 2. The standard InChI is InChI=1S/C25H29N5O4/c1-34-21-4-2-3-18-16(21)10-19(29-18)24(33)30-8-6-25(12-20(30)22(27)31)11-17(25)15(13-26)9-14-5-7-28-23(14)32/h2-4,10,14-15,17,20,29H,5-9,11-12H2,1H3,(H2,27,31)(H,28,32)/t14-,15-,17?,20?,25?/m1/s1.